The van der Waals surface area contributed by atoms with Crippen LogP contribution >= 0.6 is 11.6 Å². The van der Waals surface area contributed by atoms with Crippen LogP contribution in [0.25, 0.3) is 23.0 Å². The summed E-state index contributed by atoms with van der Waals surface area (Å²) >= 11 is 6.18. The number of nitrogens with zero attached hydrogens (tertiary/aromatic N) is 5. The minimum absolute atomic E-state index is 0.0926. The Bertz CT molecular complexity index is 1830. The number of H-pyrrole nitrogens is 1. The van der Waals surface area contributed by atoms with Crippen molar-refractivity contribution in [3.8, 4) is 16.9 Å². The number of aromatic amines is 1. The van der Waals surface area contributed by atoms with Gasteiger partial charge in [-0.3, -0.25) is 10.1 Å². The van der Waals surface area contributed by atoms with E-state index >= 15 is 0 Å². The van der Waals surface area contributed by atoms with Gasteiger partial charge in [-0.25, -0.2) is 14.6 Å². The normalized spacial score (nSPS) is 18.1. The van der Waals surface area contributed by atoms with Crippen LogP contribution in [0.5, 0.6) is 0 Å². The zero-order valence-corrected chi connectivity index (χ0v) is 26.2. The lowest BCUT2D eigenvalue weighted by atomic mass is 9.89. The molecule has 2 bridgehead atoms. The summed E-state index contributed by atoms with van der Waals surface area (Å²) in [5.41, 5.74) is -1.73. The van der Waals surface area contributed by atoms with Gasteiger partial charge in [-0.15, -0.1) is 5.10 Å². The average Bonchev–Trinajstić information content (AvgIpc) is 3.77. The van der Waals surface area contributed by atoms with Gasteiger partial charge in [-0.1, -0.05) is 24.4 Å². The van der Waals surface area contributed by atoms with Crippen LogP contribution in [-0.2, 0) is 19.1 Å². The van der Waals surface area contributed by atoms with Gasteiger partial charge in [0.25, 0.3) is 0 Å². The molecule has 2 aromatic carbocycles. The number of aromatic nitrogens is 6. The highest BCUT2D eigenvalue weighted by Gasteiger charge is 2.61. The van der Waals surface area contributed by atoms with Crippen LogP contribution in [0.15, 0.2) is 55.0 Å². The lowest BCUT2D eigenvalue weighted by molar-refractivity contribution is -0.200. The van der Waals surface area contributed by atoms with Crippen molar-refractivity contribution < 1.29 is 37.0 Å². The molecule has 0 saturated carbocycles. The fourth-order valence-corrected chi connectivity index (χ4v) is 5.44. The second-order valence-corrected chi connectivity index (χ2v) is 11.1. The quantitative estimate of drug-likeness (QED) is 0.155. The lowest BCUT2D eigenvalue weighted by Gasteiger charge is -2.35. The number of carbonyl (C=O) groups excluding carboxylic acids is 3. The molecule has 2 atom stereocenters. The molecule has 18 heteroatoms. The van der Waals surface area contributed by atoms with E-state index in [0.717, 1.165) is 14.2 Å². The maximum Gasteiger partial charge on any atom is 0.422 e. The molecule has 0 fully saturated rings. The van der Waals surface area contributed by atoms with Crippen molar-refractivity contribution in [2.45, 2.75) is 43.4 Å². The number of imidazole rings is 1. The summed E-state index contributed by atoms with van der Waals surface area (Å²) < 4.78 is 55.2. The summed E-state index contributed by atoms with van der Waals surface area (Å²) in [5.74, 6) is -1.71. The fourth-order valence-electron chi connectivity index (χ4n) is 5.26. The van der Waals surface area contributed by atoms with Gasteiger partial charge in [0.2, 0.25) is 11.4 Å². The Labute approximate surface area is 276 Å². The third-order valence-electron chi connectivity index (χ3n) is 7.63. The first-order chi connectivity index (χ1) is 22.9. The molecule has 4 N–H and O–H groups in total. The molecule has 2 aromatic heterocycles. The van der Waals surface area contributed by atoms with E-state index in [4.69, 9.17) is 11.6 Å². The number of halogens is 4. The van der Waals surface area contributed by atoms with E-state index in [1.54, 1.807) is 18.2 Å². The van der Waals surface area contributed by atoms with Crippen LogP contribution in [0.2, 0.25) is 5.02 Å². The number of methoxy groups -OCH3 is 2. The predicted molar refractivity (Wildman–Crippen MR) is 167 cm³/mol. The van der Waals surface area contributed by atoms with Gasteiger partial charge in [-0.05, 0) is 65.7 Å². The predicted octanol–water partition coefficient (Wildman–Crippen LogP) is 5.21. The highest BCUT2D eigenvalue weighted by Crippen LogP contribution is 2.42. The number of rotatable bonds is 6. The number of benzene rings is 2. The average molecular weight is 688 g/mol. The van der Waals surface area contributed by atoms with Gasteiger partial charge in [0.15, 0.2) is 0 Å². The molecule has 0 radical (unpaired) electrons. The summed E-state index contributed by atoms with van der Waals surface area (Å²) in [6.07, 6.45) is -0.724. The molecule has 14 nitrogen and oxygen atoms in total. The highest BCUT2D eigenvalue weighted by atomic mass is 35.5. The van der Waals surface area contributed by atoms with E-state index in [1.165, 1.54) is 47.6 Å². The molecular formula is C30H29ClF3N9O5. The van der Waals surface area contributed by atoms with Crippen molar-refractivity contribution in [3.05, 3.63) is 71.4 Å². The van der Waals surface area contributed by atoms with E-state index in [-0.39, 0.29) is 41.9 Å². The number of esters is 1. The van der Waals surface area contributed by atoms with Crippen molar-refractivity contribution in [2.75, 3.05) is 24.9 Å². The molecule has 48 heavy (non-hydrogen) atoms. The van der Waals surface area contributed by atoms with E-state index in [0.29, 0.717) is 22.1 Å². The van der Waals surface area contributed by atoms with E-state index in [2.05, 4.69) is 50.9 Å². The van der Waals surface area contributed by atoms with Crippen molar-refractivity contribution in [2.24, 2.45) is 0 Å². The fraction of sp³-hybridized carbons (Fsp3) is 0.300. The maximum absolute atomic E-state index is 14.8. The van der Waals surface area contributed by atoms with Crippen LogP contribution in [0.4, 0.5) is 29.3 Å². The van der Waals surface area contributed by atoms with Gasteiger partial charge in [0.1, 0.15) is 12.2 Å². The second kappa shape index (κ2) is 14.1. The molecule has 5 rings (SSSR count). The Kier molecular flexibility index (Phi) is 9.98. The third kappa shape index (κ3) is 7.25. The second-order valence-electron chi connectivity index (χ2n) is 10.7. The van der Waals surface area contributed by atoms with Crippen molar-refractivity contribution in [3.63, 3.8) is 0 Å². The lowest BCUT2D eigenvalue weighted by Crippen LogP contribution is -2.58. The maximum atomic E-state index is 14.8. The zero-order chi connectivity index (χ0) is 34.5. The Morgan fingerprint density at radius 3 is 2.65 bits per heavy atom. The van der Waals surface area contributed by atoms with Gasteiger partial charge in [0.05, 0.1) is 31.6 Å². The summed E-state index contributed by atoms with van der Waals surface area (Å²) in [4.78, 5) is 45.6. The molecule has 2 unspecified atom stereocenters. The first kappa shape index (κ1) is 33.9. The zero-order valence-electron chi connectivity index (χ0n) is 25.5. The smallest absolute Gasteiger partial charge is 0.422 e. The van der Waals surface area contributed by atoms with Gasteiger partial charge < -0.3 is 25.1 Å². The standard InChI is InChI=1S/C30H29ClF3N9O5/c1-47-27(45)29(30(32,33)34)12-4-3-5-21(38-25(44)11-6-17-13-18(31)7-10-24(17)43-16-36-41-42-43)26-35-15-23(39-26)20-9-8-19(14-22(20)40-29)37-28(46)48-2/h6-11,13-16,21,40H,3-5,12H2,1-2H3,(H,35,39)(H,37,46)(H,38,44)/b11-6+. The number of carbonyl (C=O) groups is 3. The Morgan fingerprint density at radius 2 is 1.94 bits per heavy atom. The molecule has 0 aliphatic carbocycles. The van der Waals surface area contributed by atoms with Crippen LogP contribution in [0.3, 0.4) is 0 Å². The summed E-state index contributed by atoms with van der Waals surface area (Å²) in [7, 11) is 2.01. The number of hydrogen-bond acceptors (Lipinski definition) is 10. The number of fused-ring (bicyclic) bond motifs is 4. The molecule has 2 amide bonds. The highest BCUT2D eigenvalue weighted by molar-refractivity contribution is 6.30. The van der Waals surface area contributed by atoms with Gasteiger partial charge >= 0.3 is 18.2 Å². The van der Waals surface area contributed by atoms with E-state index in [1.807, 2.05) is 0 Å². The number of hydrogen-bond donors (Lipinski definition) is 4. The van der Waals surface area contributed by atoms with Crippen LogP contribution < -0.4 is 16.0 Å². The number of tetrazole rings is 1. The van der Waals surface area contributed by atoms with E-state index in [9.17, 15) is 27.6 Å². The van der Waals surface area contributed by atoms with Crippen LogP contribution in [0.1, 0.15) is 43.1 Å². The van der Waals surface area contributed by atoms with Crippen molar-refractivity contribution in [1.29, 1.82) is 0 Å². The first-order valence-electron chi connectivity index (χ1n) is 14.4. The number of anilines is 2. The number of nitrogens with one attached hydrogen (secondary N) is 4. The Balaban J connectivity index is 1.49. The number of amides is 2. The molecule has 0 saturated heterocycles. The molecule has 252 valence electrons. The van der Waals surface area contributed by atoms with Crippen LogP contribution in [0, 0.1) is 0 Å². The molecule has 1 aliphatic rings. The van der Waals surface area contributed by atoms with E-state index < -0.39 is 42.1 Å². The van der Waals surface area contributed by atoms with Crippen molar-refractivity contribution in [1.82, 2.24) is 35.5 Å². The summed E-state index contributed by atoms with van der Waals surface area (Å²) in [5, 5.41) is 19.2. The molecular weight excluding hydrogens is 659 g/mol. The molecule has 0 spiro atoms. The van der Waals surface area contributed by atoms with Crippen LogP contribution in [-0.4, -0.2) is 74.1 Å². The molecule has 3 heterocycles. The minimum Gasteiger partial charge on any atom is -0.467 e. The van der Waals surface area contributed by atoms with Crippen molar-refractivity contribution >= 4 is 47.0 Å². The van der Waals surface area contributed by atoms with Gasteiger partial charge in [0, 0.05) is 39.8 Å². The Hall–Kier alpha value is -5.45. The molecule has 4 aromatic rings. The monoisotopic (exact) mass is 687 g/mol. The van der Waals surface area contributed by atoms with Gasteiger partial charge in [-0.2, -0.15) is 17.9 Å². The SMILES string of the molecule is COC(=O)Nc1ccc2c(c1)NC(C(=O)OC)(C(F)(F)F)CCCCC(NC(=O)/C=C/c1cc(Cl)ccc1-n1cnnn1)c1nc-2c[nH]1. The first-order valence-corrected chi connectivity index (χ1v) is 14.8. The summed E-state index contributed by atoms with van der Waals surface area (Å²) in [6.45, 7) is 0. The minimum atomic E-state index is -5.09. The number of alkyl halides is 3. The molecule has 1 aliphatic heterocycles. The summed E-state index contributed by atoms with van der Waals surface area (Å²) in [6, 6.07) is 8.32. The topological polar surface area (TPSA) is 178 Å². The largest absolute Gasteiger partial charge is 0.467 e. The number of ether oxygens (including phenoxy) is 2. The third-order valence-corrected chi connectivity index (χ3v) is 7.87. The Morgan fingerprint density at radius 1 is 1.12 bits per heavy atom.